The molecule has 0 radical (unpaired) electrons. The van der Waals surface area contributed by atoms with Crippen LogP contribution in [0.5, 0.6) is 5.75 Å². The number of ether oxygens (including phenoxy) is 2. The van der Waals surface area contributed by atoms with Crippen molar-refractivity contribution in [2.75, 3.05) is 57.6 Å². The summed E-state index contributed by atoms with van der Waals surface area (Å²) in [5, 5.41) is 6.23. The molecule has 3 aromatic carbocycles. The number of hydrogen-bond donors (Lipinski definition) is 3. The number of aromatic nitrogens is 2. The predicted molar refractivity (Wildman–Crippen MR) is 260 cm³/mol. The summed E-state index contributed by atoms with van der Waals surface area (Å²) in [5.41, 5.74) is 7.61. The highest BCUT2D eigenvalue weighted by atomic mass is 19.4. The van der Waals surface area contributed by atoms with Gasteiger partial charge in [-0.2, -0.15) is 13.2 Å². The van der Waals surface area contributed by atoms with Crippen LogP contribution in [0.25, 0.3) is 10.9 Å². The second kappa shape index (κ2) is 20.8. The van der Waals surface area contributed by atoms with Crippen molar-refractivity contribution >= 4 is 57.9 Å². The van der Waals surface area contributed by atoms with Crippen LogP contribution in [0.3, 0.4) is 0 Å². The molecule has 72 heavy (non-hydrogen) atoms. The number of fused-ring (bicyclic) bond motifs is 2. The van der Waals surface area contributed by atoms with Crippen LogP contribution in [-0.4, -0.2) is 113 Å². The molecule has 382 valence electrons. The normalized spacial score (nSPS) is 21.8. The number of nitrogens with two attached hydrogens (primary N) is 1. The number of nitrogens with zero attached hydrogens (tertiary/aromatic N) is 5. The first kappa shape index (κ1) is 50.3. The molecule has 9 rings (SSSR count). The Morgan fingerprint density at radius 3 is 2.24 bits per heavy atom. The Labute approximate surface area is 415 Å². The number of anilines is 2. The zero-order valence-electron chi connectivity index (χ0n) is 40.8. The number of hydrogen-bond acceptors (Lipinski definition) is 12. The summed E-state index contributed by atoms with van der Waals surface area (Å²) >= 11 is 0. The molecule has 2 atom stereocenters. The Morgan fingerprint density at radius 2 is 1.54 bits per heavy atom. The first-order chi connectivity index (χ1) is 34.4. The molecular formula is C53H61F3N8O8. The largest absolute Gasteiger partial charge is 0.496 e. The number of imide groups is 2. The van der Waals surface area contributed by atoms with Crippen molar-refractivity contribution in [2.45, 2.75) is 109 Å². The van der Waals surface area contributed by atoms with Crippen molar-refractivity contribution < 1.29 is 51.4 Å². The molecule has 0 spiro atoms. The minimum atomic E-state index is -4.54. The summed E-state index contributed by atoms with van der Waals surface area (Å²) in [5.74, 6) is 0.126. The Morgan fingerprint density at radius 1 is 0.847 bits per heavy atom. The number of methoxy groups -OCH3 is 1. The lowest BCUT2D eigenvalue weighted by atomic mass is 9.77. The van der Waals surface area contributed by atoms with E-state index in [2.05, 4.69) is 20.6 Å². The zero-order chi connectivity index (χ0) is 51.0. The highest BCUT2D eigenvalue weighted by Crippen LogP contribution is 2.43. The summed E-state index contributed by atoms with van der Waals surface area (Å²) in [6.45, 7) is 7.27. The van der Waals surface area contributed by atoms with Gasteiger partial charge in [0, 0.05) is 74.4 Å². The van der Waals surface area contributed by atoms with E-state index in [4.69, 9.17) is 15.2 Å². The van der Waals surface area contributed by atoms with E-state index in [0.29, 0.717) is 72.2 Å². The number of amides is 6. The molecule has 4 fully saturated rings. The second-order valence-electron chi connectivity index (χ2n) is 20.1. The van der Waals surface area contributed by atoms with Crippen LogP contribution < -0.4 is 21.1 Å². The van der Waals surface area contributed by atoms with Crippen LogP contribution in [0.4, 0.5) is 24.7 Å². The Balaban J connectivity index is 0.703. The molecule has 1 aromatic heterocycles. The maximum absolute atomic E-state index is 13.8. The van der Waals surface area contributed by atoms with E-state index in [1.165, 1.54) is 18.2 Å². The number of nitrogens with one attached hydrogen (secondary N) is 2. The molecule has 0 unspecified atom stereocenters. The topological polar surface area (TPSA) is 206 Å². The smallest absolute Gasteiger partial charge is 0.416 e. The van der Waals surface area contributed by atoms with Gasteiger partial charge < -0.3 is 30.3 Å². The molecule has 4 N–H and O–H groups in total. The molecule has 0 bridgehead atoms. The molecule has 6 amide bonds. The quantitative estimate of drug-likeness (QED) is 0.0673. The van der Waals surface area contributed by atoms with E-state index in [0.717, 1.165) is 98.9 Å². The van der Waals surface area contributed by atoms with E-state index < -0.39 is 47.5 Å². The summed E-state index contributed by atoms with van der Waals surface area (Å²) in [4.78, 5) is 91.8. The third-order valence-corrected chi connectivity index (χ3v) is 15.4. The third kappa shape index (κ3) is 10.6. The summed E-state index contributed by atoms with van der Waals surface area (Å²) in [6.07, 6.45) is 2.95. The number of nitrogen functional groups attached to an aromatic ring is 1. The SMILES string of the molecule is COc1cc2nc(C)nc(N[C@H](C)c3cc(N)cc(C(F)(F)F)c3)c2cc1C1CCC(C(=O)N2CCC(CCOCC3CCN(C(=O)c4ccc5c(c4)C(=O)N([C@@H]4CCC(=O)NC4=O)C5=O)CC3)CC2)CC1. The Bertz CT molecular complexity index is 2780. The van der Waals surface area contributed by atoms with Gasteiger partial charge in [0.15, 0.2) is 0 Å². The number of rotatable bonds is 13. The first-order valence-corrected chi connectivity index (χ1v) is 25.1. The van der Waals surface area contributed by atoms with E-state index in [1.807, 2.05) is 17.0 Å². The Hall–Kier alpha value is -6.63. The van der Waals surface area contributed by atoms with Gasteiger partial charge in [0.05, 0.1) is 35.4 Å². The van der Waals surface area contributed by atoms with Crippen LogP contribution in [0, 0.1) is 24.7 Å². The van der Waals surface area contributed by atoms with Gasteiger partial charge in [0.25, 0.3) is 17.7 Å². The van der Waals surface area contributed by atoms with E-state index >= 15 is 0 Å². The van der Waals surface area contributed by atoms with Crippen molar-refractivity contribution in [2.24, 2.45) is 17.8 Å². The molecule has 5 aliphatic rings. The third-order valence-electron chi connectivity index (χ3n) is 15.4. The predicted octanol–water partition coefficient (Wildman–Crippen LogP) is 7.59. The van der Waals surface area contributed by atoms with Gasteiger partial charge in [0.1, 0.15) is 23.4 Å². The zero-order valence-corrected chi connectivity index (χ0v) is 40.8. The molecular weight excluding hydrogens is 934 g/mol. The summed E-state index contributed by atoms with van der Waals surface area (Å²) in [7, 11) is 1.62. The van der Waals surface area contributed by atoms with E-state index in [1.54, 1.807) is 31.9 Å². The van der Waals surface area contributed by atoms with Gasteiger partial charge in [-0.3, -0.25) is 39.0 Å². The lowest BCUT2D eigenvalue weighted by Crippen LogP contribution is -2.54. The van der Waals surface area contributed by atoms with Gasteiger partial charge in [-0.15, -0.1) is 0 Å². The maximum atomic E-state index is 13.8. The fraction of sp³-hybridized carbons (Fsp3) is 0.509. The highest BCUT2D eigenvalue weighted by Gasteiger charge is 2.45. The van der Waals surface area contributed by atoms with Gasteiger partial charge in [-0.1, -0.05) is 0 Å². The average molecular weight is 995 g/mol. The number of halogens is 3. The maximum Gasteiger partial charge on any atom is 0.416 e. The molecule has 3 saturated heterocycles. The number of alkyl halides is 3. The lowest BCUT2D eigenvalue weighted by Gasteiger charge is -2.36. The molecule has 4 aliphatic heterocycles. The van der Waals surface area contributed by atoms with Gasteiger partial charge in [0.2, 0.25) is 17.7 Å². The minimum absolute atomic E-state index is 0.0217. The highest BCUT2D eigenvalue weighted by molar-refractivity contribution is 6.24. The standard InChI is InChI=1S/C53H61F3N8O8/c1-29(36-22-37(53(54,55)56)25-38(57)23-36)58-47-42-26-40(45(71-3)27-43(42)59-30(2)60-47)33-4-6-34(7-5-33)49(67)62-17-12-31(13-18-62)16-21-72-28-32-14-19-63(20-15-32)50(68)35-8-9-39-41(24-35)52(70)64(51(39)69)44-10-11-46(65)61-48(44)66/h8-9,22-27,29,31-34,44H,4-7,10-21,28,57H2,1-3H3,(H,58,59,60)(H,61,65,66)/t29-,33?,34?,44-/m1/s1. The number of likely N-dealkylation sites (tertiary alicyclic amines) is 2. The fourth-order valence-electron chi connectivity index (χ4n) is 11.2. The average Bonchev–Trinajstić information content (AvgIpc) is 3.61. The molecule has 5 heterocycles. The van der Waals surface area contributed by atoms with Crippen molar-refractivity contribution in [3.63, 3.8) is 0 Å². The van der Waals surface area contributed by atoms with Crippen LogP contribution in [-0.2, 0) is 25.3 Å². The molecule has 4 aromatic rings. The second-order valence-corrected chi connectivity index (χ2v) is 20.1. The molecule has 1 saturated carbocycles. The fourth-order valence-corrected chi connectivity index (χ4v) is 11.2. The number of carbonyl (C=O) groups excluding carboxylic acids is 6. The van der Waals surface area contributed by atoms with Gasteiger partial charge in [-0.25, -0.2) is 9.97 Å². The number of aryl methyl sites for hydroxylation is 1. The van der Waals surface area contributed by atoms with Crippen molar-refractivity contribution in [3.8, 4) is 5.75 Å². The molecule has 16 nitrogen and oxygen atoms in total. The first-order valence-electron chi connectivity index (χ1n) is 25.1. The number of benzene rings is 3. The minimum Gasteiger partial charge on any atom is -0.496 e. The number of piperidine rings is 3. The Kier molecular flexibility index (Phi) is 14.6. The molecule has 19 heteroatoms. The van der Waals surface area contributed by atoms with E-state index in [-0.39, 0.29) is 53.3 Å². The molecule has 1 aliphatic carbocycles. The van der Waals surface area contributed by atoms with E-state index in [9.17, 15) is 41.9 Å². The summed E-state index contributed by atoms with van der Waals surface area (Å²) < 4.78 is 52.9. The van der Waals surface area contributed by atoms with Crippen LogP contribution in [0.2, 0.25) is 0 Å². The van der Waals surface area contributed by atoms with Crippen LogP contribution >= 0.6 is 0 Å². The van der Waals surface area contributed by atoms with Crippen LogP contribution in [0.1, 0.15) is 143 Å². The van der Waals surface area contributed by atoms with Crippen molar-refractivity contribution in [1.82, 2.24) is 30.0 Å². The summed E-state index contributed by atoms with van der Waals surface area (Å²) in [6, 6.07) is 10.3. The van der Waals surface area contributed by atoms with Gasteiger partial charge >= 0.3 is 6.18 Å². The van der Waals surface area contributed by atoms with Gasteiger partial charge in [-0.05, 0) is 149 Å². The van der Waals surface area contributed by atoms with Crippen molar-refractivity contribution in [1.29, 1.82) is 0 Å². The van der Waals surface area contributed by atoms with Crippen LogP contribution in [0.15, 0.2) is 48.5 Å². The lowest BCUT2D eigenvalue weighted by molar-refractivity contribution is -0.138. The number of carbonyl (C=O) groups is 6. The van der Waals surface area contributed by atoms with Crippen molar-refractivity contribution in [3.05, 3.63) is 87.7 Å². The monoisotopic (exact) mass is 994 g/mol.